The van der Waals surface area contributed by atoms with Gasteiger partial charge < -0.3 is 14.7 Å². The Bertz CT molecular complexity index is 2730. The van der Waals surface area contributed by atoms with Crippen molar-refractivity contribution in [3.8, 4) is 5.75 Å². The first kappa shape index (κ1) is 40.1. The van der Waals surface area contributed by atoms with Crippen LogP contribution in [0.5, 0.6) is 5.75 Å². The summed E-state index contributed by atoms with van der Waals surface area (Å²) in [7, 11) is 0. The lowest BCUT2D eigenvalue weighted by Crippen LogP contribution is -2.53. The highest BCUT2D eigenvalue weighted by Gasteiger charge is 2.71. The van der Waals surface area contributed by atoms with Crippen molar-refractivity contribution in [2.24, 2.45) is 23.7 Å². The Balaban J connectivity index is 1.13. The van der Waals surface area contributed by atoms with Gasteiger partial charge in [-0.2, -0.15) is 18.2 Å². The van der Waals surface area contributed by atoms with Crippen molar-refractivity contribution in [1.82, 2.24) is 9.99 Å². The van der Waals surface area contributed by atoms with Gasteiger partial charge in [0.2, 0.25) is 11.8 Å². The molecule has 4 fully saturated rings. The van der Waals surface area contributed by atoms with Crippen LogP contribution in [0, 0.1) is 23.7 Å². The fraction of sp³-hybridized carbons (Fsp3) is 0.283. The van der Waals surface area contributed by atoms with Gasteiger partial charge in [0.05, 0.1) is 52.7 Å². The Morgan fingerprint density at radius 1 is 0.839 bits per heavy atom. The number of benzene rings is 4. The summed E-state index contributed by atoms with van der Waals surface area (Å²) >= 11 is 12.7. The number of anilines is 3. The van der Waals surface area contributed by atoms with Crippen LogP contribution in [0.1, 0.15) is 35.4 Å². The molecule has 3 aliphatic heterocycles. The fourth-order valence-electron chi connectivity index (χ4n) is 10.6. The molecule has 62 heavy (non-hydrogen) atoms. The van der Waals surface area contributed by atoms with Gasteiger partial charge in [0, 0.05) is 41.5 Å². The SMILES string of the molecule is O=C1C2CC3C(=CCC4C(=O)N(c5ccc(N6CCOCC6)cc5)C(=O)C43)C(c3c(O)ccc4ccccc34)C2(c2ccc(Cl)cc2)C(=O)N1Nc1ncc(C(F)(F)F)cc1Cl. The molecule has 4 amide bonds. The average Bonchev–Trinajstić information content (AvgIpc) is 3.65. The number of nitrogens with one attached hydrogen (secondary N) is 1. The van der Waals surface area contributed by atoms with Crippen LogP contribution in [-0.2, 0) is 35.5 Å². The highest BCUT2D eigenvalue weighted by atomic mass is 35.5. The number of ether oxygens (including phenoxy) is 1. The minimum absolute atomic E-state index is 0.0720. The summed E-state index contributed by atoms with van der Waals surface area (Å²) in [5, 5.41) is 13.9. The molecular weight excluding hydrogens is 846 g/mol. The molecule has 11 nitrogen and oxygen atoms in total. The van der Waals surface area contributed by atoms with Crippen LogP contribution in [0.25, 0.3) is 10.8 Å². The third-order valence-corrected chi connectivity index (χ3v) is 13.8. The number of imide groups is 2. The Morgan fingerprint density at radius 2 is 1.55 bits per heavy atom. The zero-order chi connectivity index (χ0) is 43.2. The van der Waals surface area contributed by atoms with Gasteiger partial charge in [-0.3, -0.25) is 29.5 Å². The smallest absolute Gasteiger partial charge is 0.417 e. The number of allylic oxidation sites excluding steroid dienone is 2. The minimum atomic E-state index is -4.77. The summed E-state index contributed by atoms with van der Waals surface area (Å²) in [6.45, 7) is 2.58. The number of phenols is 1. The molecule has 16 heteroatoms. The zero-order valence-corrected chi connectivity index (χ0v) is 34.1. The van der Waals surface area contributed by atoms with Gasteiger partial charge in [-0.1, -0.05) is 77.3 Å². The first-order valence-corrected chi connectivity index (χ1v) is 20.9. The zero-order valence-electron chi connectivity index (χ0n) is 32.6. The number of nitrogens with zero attached hydrogens (tertiary/aromatic N) is 4. The summed E-state index contributed by atoms with van der Waals surface area (Å²) in [6, 6.07) is 24.9. The topological polar surface area (TPSA) is 132 Å². The maximum Gasteiger partial charge on any atom is 0.417 e. The van der Waals surface area contributed by atoms with E-state index in [0.717, 1.165) is 16.1 Å². The number of amides is 4. The Kier molecular flexibility index (Phi) is 9.61. The van der Waals surface area contributed by atoms with Gasteiger partial charge in [-0.05, 0) is 83.6 Å². The number of carbonyl (C=O) groups is 4. The number of halogens is 5. The van der Waals surface area contributed by atoms with E-state index in [2.05, 4.69) is 15.3 Å². The summed E-state index contributed by atoms with van der Waals surface area (Å²) in [5.74, 6) is -7.75. The monoisotopic (exact) mass is 881 g/mol. The fourth-order valence-corrected chi connectivity index (χ4v) is 10.9. The van der Waals surface area contributed by atoms with Gasteiger partial charge in [0.1, 0.15) is 5.75 Å². The summed E-state index contributed by atoms with van der Waals surface area (Å²) in [6.07, 6.45) is -2.27. The standard InChI is InChI=1S/C46H36Cl2F3N5O6/c47-27-8-6-25(7-9-27)45-34(42(59)56(44(45)61)53-40-35(48)21-26(23-52-40)46(49,50)51)22-33-31(39(45)38-30-4-2-1-3-24(30)5-16-36(38)57)14-15-32-37(33)43(60)55(41(32)58)29-12-10-28(11-13-29)54-17-19-62-20-18-54/h1-14,16,21,23,32-34,37,39,57H,15,17-20,22H2,(H,52,53). The van der Waals surface area contributed by atoms with Crippen LogP contribution in [0.2, 0.25) is 10.0 Å². The molecule has 0 spiro atoms. The van der Waals surface area contributed by atoms with Gasteiger partial charge in [0.15, 0.2) is 5.82 Å². The molecule has 316 valence electrons. The average molecular weight is 883 g/mol. The Labute approximate surface area is 362 Å². The van der Waals surface area contributed by atoms with Crippen molar-refractivity contribution in [1.29, 1.82) is 0 Å². The maximum absolute atomic E-state index is 15.6. The first-order chi connectivity index (χ1) is 29.8. The number of aromatic hydroxyl groups is 1. The number of phenolic OH excluding ortho intramolecular Hbond substituents is 1. The molecule has 4 aromatic carbocycles. The molecule has 10 rings (SSSR count). The molecular formula is C46H36Cl2F3N5O6. The van der Waals surface area contributed by atoms with Gasteiger partial charge >= 0.3 is 6.18 Å². The number of hydrogen-bond acceptors (Lipinski definition) is 9. The maximum atomic E-state index is 15.6. The summed E-state index contributed by atoms with van der Waals surface area (Å²) in [5.41, 5.74) is 2.33. The predicted molar refractivity (Wildman–Crippen MR) is 224 cm³/mol. The van der Waals surface area contributed by atoms with Crippen LogP contribution in [0.3, 0.4) is 0 Å². The van der Waals surface area contributed by atoms with E-state index in [-0.39, 0.29) is 30.3 Å². The lowest BCUT2D eigenvalue weighted by molar-refractivity contribution is -0.139. The molecule has 2 N–H and O–H groups in total. The number of morpholine rings is 1. The third-order valence-electron chi connectivity index (χ3n) is 13.3. The molecule has 0 radical (unpaired) electrons. The molecule has 2 aliphatic carbocycles. The number of carbonyl (C=O) groups excluding carboxylic acids is 4. The Morgan fingerprint density at radius 3 is 2.26 bits per heavy atom. The molecule has 5 aromatic rings. The molecule has 5 aliphatic rings. The molecule has 1 aromatic heterocycles. The van der Waals surface area contributed by atoms with Crippen molar-refractivity contribution in [2.45, 2.75) is 30.4 Å². The number of pyridine rings is 1. The molecule has 1 saturated carbocycles. The molecule has 6 unspecified atom stereocenters. The second-order valence-electron chi connectivity index (χ2n) is 16.3. The van der Waals surface area contributed by atoms with Crippen LogP contribution in [0.15, 0.2) is 109 Å². The highest BCUT2D eigenvalue weighted by molar-refractivity contribution is 6.33. The number of rotatable bonds is 6. The van der Waals surface area contributed by atoms with E-state index >= 15 is 9.59 Å². The normalized spacial score (nSPS) is 26.1. The molecule has 3 saturated heterocycles. The van der Waals surface area contributed by atoms with E-state index < -0.39 is 69.5 Å². The van der Waals surface area contributed by atoms with E-state index in [0.29, 0.717) is 71.4 Å². The second-order valence-corrected chi connectivity index (χ2v) is 17.1. The van der Waals surface area contributed by atoms with Gasteiger partial charge in [0.25, 0.3) is 11.8 Å². The number of alkyl halides is 3. The lowest BCUT2D eigenvalue weighted by atomic mass is 9.48. The van der Waals surface area contributed by atoms with Crippen LogP contribution >= 0.6 is 23.2 Å². The Hall–Kier alpha value is -5.96. The van der Waals surface area contributed by atoms with E-state index in [1.165, 1.54) is 11.0 Å². The van der Waals surface area contributed by atoms with Crippen molar-refractivity contribution < 1.29 is 42.2 Å². The van der Waals surface area contributed by atoms with E-state index in [9.17, 15) is 27.9 Å². The molecule has 4 heterocycles. The number of hydrogen-bond donors (Lipinski definition) is 2. The number of hydrazine groups is 1. The van der Waals surface area contributed by atoms with E-state index in [1.54, 1.807) is 54.6 Å². The van der Waals surface area contributed by atoms with Crippen molar-refractivity contribution in [2.75, 3.05) is 41.5 Å². The number of aromatic nitrogens is 1. The highest BCUT2D eigenvalue weighted by Crippen LogP contribution is 2.65. The largest absolute Gasteiger partial charge is 0.508 e. The quantitative estimate of drug-likeness (QED) is 0.128. The van der Waals surface area contributed by atoms with E-state index in [4.69, 9.17) is 27.9 Å². The predicted octanol–water partition coefficient (Wildman–Crippen LogP) is 8.29. The first-order valence-electron chi connectivity index (χ1n) is 20.1. The minimum Gasteiger partial charge on any atom is -0.508 e. The summed E-state index contributed by atoms with van der Waals surface area (Å²) in [4.78, 5) is 67.3. The van der Waals surface area contributed by atoms with Gasteiger partial charge in [-0.15, -0.1) is 0 Å². The van der Waals surface area contributed by atoms with Crippen molar-refractivity contribution in [3.05, 3.63) is 136 Å². The molecule has 0 bridgehead atoms. The van der Waals surface area contributed by atoms with Crippen molar-refractivity contribution >= 4 is 74.8 Å². The third kappa shape index (κ3) is 6.09. The van der Waals surface area contributed by atoms with E-state index in [1.807, 2.05) is 30.3 Å². The van der Waals surface area contributed by atoms with Crippen LogP contribution in [-0.4, -0.2) is 65.0 Å². The van der Waals surface area contributed by atoms with Crippen LogP contribution in [0.4, 0.5) is 30.4 Å². The molecule has 6 atom stereocenters. The number of fused-ring (bicyclic) bond motifs is 5. The van der Waals surface area contributed by atoms with Gasteiger partial charge in [-0.25, -0.2) is 4.98 Å². The lowest BCUT2D eigenvalue weighted by Gasteiger charge is -2.51. The van der Waals surface area contributed by atoms with Crippen molar-refractivity contribution in [3.63, 3.8) is 0 Å². The second kappa shape index (κ2) is 14.8. The summed E-state index contributed by atoms with van der Waals surface area (Å²) < 4.78 is 46.3. The van der Waals surface area contributed by atoms with Crippen LogP contribution < -0.4 is 15.2 Å².